The fourth-order valence-electron chi connectivity index (χ4n) is 1.60. The van der Waals surface area contributed by atoms with Gasteiger partial charge in [-0.2, -0.15) is 5.26 Å². The van der Waals surface area contributed by atoms with Crippen LogP contribution < -0.4 is 5.32 Å². The molecule has 0 aromatic carbocycles. The van der Waals surface area contributed by atoms with Crippen LogP contribution in [0.5, 0.6) is 0 Å². The number of hydrogen-bond acceptors (Lipinski definition) is 4. The first-order chi connectivity index (χ1) is 8.20. The van der Waals surface area contributed by atoms with Gasteiger partial charge in [-0.3, -0.25) is 0 Å². The molecule has 5 nitrogen and oxygen atoms in total. The van der Waals surface area contributed by atoms with Gasteiger partial charge in [0.25, 0.3) is 0 Å². The molecule has 0 aliphatic heterocycles. The van der Waals surface area contributed by atoms with Crippen LogP contribution in [0.15, 0.2) is 18.3 Å². The Labute approximate surface area is 100 Å². The Morgan fingerprint density at radius 2 is 2.29 bits per heavy atom. The molecule has 88 valence electrons. The Kier molecular flexibility index (Phi) is 3.26. The first-order valence-electron chi connectivity index (χ1n) is 5.47. The molecule has 2 aromatic heterocycles. The molecule has 0 aliphatic rings. The normalized spacial score (nSPS) is 10.7. The summed E-state index contributed by atoms with van der Waals surface area (Å²) in [5.74, 6) is 0.825. The molecular formula is C12H15N5. The van der Waals surface area contributed by atoms with Crippen LogP contribution in [0, 0.1) is 11.3 Å². The maximum absolute atomic E-state index is 8.88. The Hall–Kier alpha value is -2.06. The van der Waals surface area contributed by atoms with Crippen LogP contribution in [0.4, 0.5) is 5.82 Å². The van der Waals surface area contributed by atoms with E-state index >= 15 is 0 Å². The number of nitrogens with zero attached hydrogens (tertiary/aromatic N) is 3. The van der Waals surface area contributed by atoms with Gasteiger partial charge >= 0.3 is 0 Å². The van der Waals surface area contributed by atoms with E-state index in [0.29, 0.717) is 5.56 Å². The first kappa shape index (κ1) is 11.4. The van der Waals surface area contributed by atoms with E-state index in [9.17, 15) is 0 Å². The zero-order chi connectivity index (χ0) is 12.3. The van der Waals surface area contributed by atoms with Crippen LogP contribution >= 0.6 is 0 Å². The minimum atomic E-state index is 0.632. The van der Waals surface area contributed by atoms with Gasteiger partial charge in [-0.05, 0) is 26.2 Å². The van der Waals surface area contributed by atoms with Crippen molar-refractivity contribution < 1.29 is 0 Å². The molecule has 0 spiro atoms. The number of H-pyrrole nitrogens is 1. The summed E-state index contributed by atoms with van der Waals surface area (Å²) in [5, 5.41) is 13.0. The zero-order valence-corrected chi connectivity index (χ0v) is 9.99. The second-order valence-electron chi connectivity index (χ2n) is 4.14. The van der Waals surface area contributed by atoms with Crippen molar-refractivity contribution in [2.45, 2.75) is 0 Å². The van der Waals surface area contributed by atoms with Crippen molar-refractivity contribution in [2.75, 3.05) is 32.5 Å². The average Bonchev–Trinajstić information content (AvgIpc) is 2.70. The molecule has 0 atom stereocenters. The smallest absolute Gasteiger partial charge is 0.141 e. The minimum Gasteiger partial charge on any atom is -0.369 e. The van der Waals surface area contributed by atoms with Gasteiger partial charge in [0, 0.05) is 24.7 Å². The highest BCUT2D eigenvalue weighted by Gasteiger charge is 2.04. The lowest BCUT2D eigenvalue weighted by atomic mass is 10.2. The standard InChI is InChI=1S/C12H15N5/c1-17(2)6-5-14-11-4-3-10-9(7-13)8-15-12(10)16-11/h3-4,8H,5-6H2,1-2H3,(H2,14,15,16). The number of aromatic nitrogens is 2. The molecule has 0 unspecified atom stereocenters. The van der Waals surface area contributed by atoms with E-state index in [-0.39, 0.29) is 0 Å². The molecule has 2 aromatic rings. The van der Waals surface area contributed by atoms with E-state index in [1.54, 1.807) is 6.20 Å². The number of nitrogens with one attached hydrogen (secondary N) is 2. The SMILES string of the molecule is CN(C)CCNc1ccc2c(C#N)c[nH]c2n1. The van der Waals surface area contributed by atoms with Gasteiger partial charge in [0.1, 0.15) is 17.5 Å². The first-order valence-corrected chi connectivity index (χ1v) is 5.47. The fourth-order valence-corrected chi connectivity index (χ4v) is 1.60. The molecule has 17 heavy (non-hydrogen) atoms. The maximum atomic E-state index is 8.88. The fraction of sp³-hybridized carbons (Fsp3) is 0.333. The lowest BCUT2D eigenvalue weighted by Gasteiger charge is -2.10. The van der Waals surface area contributed by atoms with Crippen molar-refractivity contribution in [2.24, 2.45) is 0 Å². The molecule has 0 saturated carbocycles. The number of anilines is 1. The summed E-state index contributed by atoms with van der Waals surface area (Å²) in [7, 11) is 4.06. The Bertz CT molecular complexity index is 550. The monoisotopic (exact) mass is 229 g/mol. The van der Waals surface area contributed by atoms with E-state index in [1.165, 1.54) is 0 Å². The van der Waals surface area contributed by atoms with Crippen LogP contribution in [-0.4, -0.2) is 42.1 Å². The zero-order valence-electron chi connectivity index (χ0n) is 9.99. The summed E-state index contributed by atoms with van der Waals surface area (Å²) in [6, 6.07) is 5.94. The molecule has 0 aliphatic carbocycles. The summed E-state index contributed by atoms with van der Waals surface area (Å²) >= 11 is 0. The molecule has 2 heterocycles. The number of pyridine rings is 1. The van der Waals surface area contributed by atoms with Crippen molar-refractivity contribution in [1.29, 1.82) is 5.26 Å². The second kappa shape index (κ2) is 4.85. The lowest BCUT2D eigenvalue weighted by molar-refractivity contribution is 0.425. The molecule has 5 heteroatoms. The van der Waals surface area contributed by atoms with Crippen molar-refractivity contribution >= 4 is 16.9 Å². The molecule has 0 saturated heterocycles. The topological polar surface area (TPSA) is 67.7 Å². The van der Waals surface area contributed by atoms with E-state index in [2.05, 4.69) is 26.3 Å². The molecule has 0 bridgehead atoms. The van der Waals surface area contributed by atoms with Crippen molar-refractivity contribution in [3.63, 3.8) is 0 Å². The highest BCUT2D eigenvalue weighted by atomic mass is 15.1. The molecule has 2 rings (SSSR count). The summed E-state index contributed by atoms with van der Waals surface area (Å²) in [5.41, 5.74) is 1.38. The van der Waals surface area contributed by atoms with Gasteiger partial charge in [0.05, 0.1) is 5.56 Å². The van der Waals surface area contributed by atoms with Crippen LogP contribution in [0.2, 0.25) is 0 Å². The van der Waals surface area contributed by atoms with Crippen molar-refractivity contribution in [1.82, 2.24) is 14.9 Å². The molecule has 0 radical (unpaired) electrons. The third kappa shape index (κ3) is 2.55. The predicted octanol–water partition coefficient (Wildman–Crippen LogP) is 1.41. The van der Waals surface area contributed by atoms with Gasteiger partial charge in [-0.15, -0.1) is 0 Å². The number of fused-ring (bicyclic) bond motifs is 1. The quantitative estimate of drug-likeness (QED) is 0.831. The predicted molar refractivity (Wildman–Crippen MR) is 67.9 cm³/mol. The largest absolute Gasteiger partial charge is 0.369 e. The third-order valence-corrected chi connectivity index (χ3v) is 2.52. The highest BCUT2D eigenvalue weighted by Crippen LogP contribution is 2.17. The van der Waals surface area contributed by atoms with Crippen LogP contribution in [0.1, 0.15) is 5.56 Å². The average molecular weight is 229 g/mol. The summed E-state index contributed by atoms with van der Waals surface area (Å²) in [6.07, 6.45) is 1.68. The van der Waals surface area contributed by atoms with Gasteiger partial charge in [0.2, 0.25) is 0 Å². The van der Waals surface area contributed by atoms with E-state index in [4.69, 9.17) is 5.26 Å². The summed E-state index contributed by atoms with van der Waals surface area (Å²) in [4.78, 5) is 9.50. The molecule has 0 amide bonds. The van der Waals surface area contributed by atoms with E-state index < -0.39 is 0 Å². The second-order valence-corrected chi connectivity index (χ2v) is 4.14. The highest BCUT2D eigenvalue weighted by molar-refractivity contribution is 5.83. The van der Waals surface area contributed by atoms with Crippen LogP contribution in [0.3, 0.4) is 0 Å². The molecular weight excluding hydrogens is 214 g/mol. The summed E-state index contributed by atoms with van der Waals surface area (Å²) < 4.78 is 0. The maximum Gasteiger partial charge on any atom is 0.141 e. The Morgan fingerprint density at radius 3 is 3.00 bits per heavy atom. The van der Waals surface area contributed by atoms with E-state index in [0.717, 1.165) is 29.9 Å². The third-order valence-electron chi connectivity index (χ3n) is 2.52. The van der Waals surface area contributed by atoms with E-state index in [1.807, 2.05) is 26.2 Å². The molecule has 2 N–H and O–H groups in total. The number of rotatable bonds is 4. The Balaban J connectivity index is 2.13. The van der Waals surface area contributed by atoms with Gasteiger partial charge in [-0.1, -0.05) is 0 Å². The minimum absolute atomic E-state index is 0.632. The van der Waals surface area contributed by atoms with Gasteiger partial charge in [-0.25, -0.2) is 4.98 Å². The summed E-state index contributed by atoms with van der Waals surface area (Å²) in [6.45, 7) is 1.80. The van der Waals surface area contributed by atoms with Crippen LogP contribution in [-0.2, 0) is 0 Å². The lowest BCUT2D eigenvalue weighted by Crippen LogP contribution is -2.21. The van der Waals surface area contributed by atoms with Crippen molar-refractivity contribution in [3.8, 4) is 6.07 Å². The number of nitriles is 1. The Morgan fingerprint density at radius 1 is 1.47 bits per heavy atom. The number of likely N-dealkylation sites (N-methyl/N-ethyl adjacent to an activating group) is 1. The number of aromatic amines is 1. The van der Waals surface area contributed by atoms with Gasteiger partial charge < -0.3 is 15.2 Å². The van der Waals surface area contributed by atoms with Crippen molar-refractivity contribution in [3.05, 3.63) is 23.9 Å². The van der Waals surface area contributed by atoms with Gasteiger partial charge in [0.15, 0.2) is 0 Å². The number of hydrogen-bond donors (Lipinski definition) is 2. The van der Waals surface area contributed by atoms with Crippen LogP contribution in [0.25, 0.3) is 11.0 Å². The molecule has 0 fully saturated rings.